The van der Waals surface area contributed by atoms with Gasteiger partial charge < -0.3 is 30.3 Å². The first-order valence-corrected chi connectivity index (χ1v) is 11.5. The van der Waals surface area contributed by atoms with E-state index >= 15 is 0 Å². The van der Waals surface area contributed by atoms with Gasteiger partial charge in [-0.1, -0.05) is 6.92 Å². The second-order valence-electron chi connectivity index (χ2n) is 5.84. The Labute approximate surface area is 163 Å². The van der Waals surface area contributed by atoms with E-state index in [2.05, 4.69) is 5.32 Å². The molecule has 0 bridgehead atoms. The normalized spacial score (nSPS) is 13.5. The first-order chi connectivity index (χ1) is 12.5. The Hall–Kier alpha value is -1.13. The molecule has 2 atom stereocenters. The van der Waals surface area contributed by atoms with E-state index < -0.39 is 31.6 Å². The van der Waals surface area contributed by atoms with Gasteiger partial charge in [0.05, 0.1) is 12.2 Å². The van der Waals surface area contributed by atoms with Crippen molar-refractivity contribution in [1.29, 1.82) is 0 Å². The lowest BCUT2D eigenvalue weighted by molar-refractivity contribution is -0.156. The molecule has 27 heavy (non-hydrogen) atoms. The van der Waals surface area contributed by atoms with Crippen LogP contribution in [0.2, 0.25) is 0 Å². The highest BCUT2D eigenvalue weighted by Gasteiger charge is 2.19. The number of hydrogen-bond acceptors (Lipinski definition) is 8. The van der Waals surface area contributed by atoms with Gasteiger partial charge in [0.1, 0.15) is 12.7 Å². The highest BCUT2D eigenvalue weighted by atomic mass is 32.2. The molecule has 0 aromatic heterocycles. The number of carbonyl (C=O) groups is 3. The fraction of sp³-hybridized carbons (Fsp3) is 0.800. The van der Waals surface area contributed by atoms with Crippen LogP contribution in [0.1, 0.15) is 33.1 Å². The van der Waals surface area contributed by atoms with Crippen LogP contribution in [0.5, 0.6) is 0 Å². The lowest BCUT2D eigenvalue weighted by Crippen LogP contribution is -2.43. The third-order valence-electron chi connectivity index (χ3n) is 3.09. The van der Waals surface area contributed by atoms with E-state index in [0.29, 0.717) is 12.2 Å². The summed E-state index contributed by atoms with van der Waals surface area (Å²) >= 11 is 1.27. The maximum atomic E-state index is 11.8. The van der Waals surface area contributed by atoms with Crippen LogP contribution < -0.4 is 11.1 Å². The van der Waals surface area contributed by atoms with Crippen LogP contribution in [0.4, 0.5) is 0 Å². The summed E-state index contributed by atoms with van der Waals surface area (Å²) in [6.45, 7) is 3.15. The van der Waals surface area contributed by atoms with E-state index in [1.807, 2.05) is 6.92 Å². The molecule has 0 heterocycles. The van der Waals surface area contributed by atoms with Gasteiger partial charge >= 0.3 is 19.5 Å². The Morgan fingerprint density at radius 1 is 1.26 bits per heavy atom. The molecule has 0 fully saturated rings. The number of hydrogen-bond donors (Lipinski definition) is 4. The number of esters is 2. The summed E-state index contributed by atoms with van der Waals surface area (Å²) in [5.41, 5.74) is 5.76. The molecule has 0 aliphatic rings. The molecule has 12 heteroatoms. The van der Waals surface area contributed by atoms with Gasteiger partial charge in [-0.05, 0) is 12.8 Å². The number of rotatable bonds is 14. The minimum Gasteiger partial charge on any atom is -0.462 e. The van der Waals surface area contributed by atoms with Crippen molar-refractivity contribution in [3.05, 3.63) is 0 Å². The molecule has 5 N–H and O–H groups in total. The lowest BCUT2D eigenvalue weighted by atomic mass is 10.3. The SMILES string of the molecule is CCCC(=O)OC(COC(C)=O)CSCC(N)C(=O)NCCCP(=O)(O)O. The number of thioether (sulfide) groups is 1. The van der Waals surface area contributed by atoms with Crippen molar-refractivity contribution in [2.24, 2.45) is 5.73 Å². The number of nitrogens with two attached hydrogens (primary N) is 1. The third-order valence-corrected chi connectivity index (χ3v) is 5.19. The minimum atomic E-state index is -4.07. The highest BCUT2D eigenvalue weighted by Crippen LogP contribution is 2.34. The Morgan fingerprint density at radius 2 is 1.93 bits per heavy atom. The Morgan fingerprint density at radius 3 is 2.48 bits per heavy atom. The molecule has 0 aliphatic carbocycles. The van der Waals surface area contributed by atoms with Crippen molar-refractivity contribution in [3.8, 4) is 0 Å². The molecule has 158 valence electrons. The van der Waals surface area contributed by atoms with Crippen molar-refractivity contribution < 1.29 is 38.2 Å². The van der Waals surface area contributed by atoms with Gasteiger partial charge in [-0.3, -0.25) is 18.9 Å². The van der Waals surface area contributed by atoms with Crippen molar-refractivity contribution in [1.82, 2.24) is 5.32 Å². The minimum absolute atomic E-state index is 0.0679. The molecule has 0 rings (SSSR count). The molecular weight excluding hydrogens is 399 g/mol. The maximum Gasteiger partial charge on any atom is 0.325 e. The predicted molar refractivity (Wildman–Crippen MR) is 101 cm³/mol. The van der Waals surface area contributed by atoms with Crippen LogP contribution >= 0.6 is 19.4 Å². The van der Waals surface area contributed by atoms with E-state index in [1.54, 1.807) is 0 Å². The van der Waals surface area contributed by atoms with E-state index in [9.17, 15) is 18.9 Å². The van der Waals surface area contributed by atoms with Crippen LogP contribution in [-0.2, 0) is 28.4 Å². The third kappa shape index (κ3) is 15.6. The Bertz CT molecular complexity index is 528. The average molecular weight is 428 g/mol. The summed E-state index contributed by atoms with van der Waals surface area (Å²) < 4.78 is 20.8. The van der Waals surface area contributed by atoms with Crippen molar-refractivity contribution in [3.63, 3.8) is 0 Å². The maximum absolute atomic E-state index is 11.8. The summed E-state index contributed by atoms with van der Waals surface area (Å²) in [5.74, 6) is -0.758. The van der Waals surface area contributed by atoms with E-state index in [4.69, 9.17) is 25.0 Å². The average Bonchev–Trinajstić information content (AvgIpc) is 2.55. The largest absolute Gasteiger partial charge is 0.462 e. The number of carbonyl (C=O) groups excluding carboxylic acids is 3. The zero-order valence-corrected chi connectivity index (χ0v) is 17.3. The molecule has 0 saturated carbocycles. The van der Waals surface area contributed by atoms with Crippen LogP contribution in [0.25, 0.3) is 0 Å². The van der Waals surface area contributed by atoms with E-state index in [1.165, 1.54) is 18.7 Å². The fourth-order valence-corrected chi connectivity index (χ4v) is 3.34. The molecule has 0 aliphatic heterocycles. The summed E-state index contributed by atoms with van der Waals surface area (Å²) in [6, 6.07) is -0.828. The van der Waals surface area contributed by atoms with E-state index in [0.717, 1.165) is 0 Å². The molecule has 0 saturated heterocycles. The molecule has 0 aromatic carbocycles. The molecule has 0 radical (unpaired) electrons. The van der Waals surface area contributed by atoms with Crippen molar-refractivity contribution >= 4 is 37.2 Å². The first kappa shape index (κ1) is 25.9. The van der Waals surface area contributed by atoms with Crippen LogP contribution in [0.15, 0.2) is 0 Å². The van der Waals surface area contributed by atoms with Crippen LogP contribution in [0.3, 0.4) is 0 Å². The number of ether oxygens (including phenoxy) is 2. The molecule has 2 unspecified atom stereocenters. The zero-order valence-electron chi connectivity index (χ0n) is 15.6. The summed E-state index contributed by atoms with van der Waals surface area (Å²) in [5, 5.41) is 2.51. The first-order valence-electron chi connectivity index (χ1n) is 8.53. The molecule has 0 aromatic rings. The standard InChI is InChI=1S/C15H29N2O8PS/c1-3-5-14(19)25-12(8-24-11(2)18)9-27-10-13(16)15(20)17-6-4-7-26(21,22)23/h12-13H,3-10,16H2,1-2H3,(H,17,20)(H2,21,22,23). The van der Waals surface area contributed by atoms with Crippen LogP contribution in [0, 0.1) is 0 Å². The van der Waals surface area contributed by atoms with Gasteiger partial charge in [-0.15, -0.1) is 0 Å². The van der Waals surface area contributed by atoms with Crippen molar-refractivity contribution in [2.75, 3.05) is 30.8 Å². The summed E-state index contributed by atoms with van der Waals surface area (Å²) in [7, 11) is -4.07. The molecule has 1 amide bonds. The van der Waals surface area contributed by atoms with Gasteiger partial charge in [-0.2, -0.15) is 11.8 Å². The van der Waals surface area contributed by atoms with Crippen LogP contribution in [-0.4, -0.2) is 70.6 Å². The Balaban J connectivity index is 4.21. The molecular formula is C15H29N2O8PS. The van der Waals surface area contributed by atoms with Gasteiger partial charge in [0.2, 0.25) is 5.91 Å². The zero-order chi connectivity index (χ0) is 20.9. The molecule has 10 nitrogen and oxygen atoms in total. The monoisotopic (exact) mass is 428 g/mol. The smallest absolute Gasteiger partial charge is 0.325 e. The fourth-order valence-electron chi connectivity index (χ4n) is 1.81. The quantitative estimate of drug-likeness (QED) is 0.168. The summed E-state index contributed by atoms with van der Waals surface area (Å²) in [4.78, 5) is 51.8. The second kappa shape index (κ2) is 14.0. The second-order valence-corrected chi connectivity index (χ2v) is 8.69. The van der Waals surface area contributed by atoms with E-state index in [-0.39, 0.29) is 43.9 Å². The topological polar surface area (TPSA) is 165 Å². The van der Waals surface area contributed by atoms with Gasteiger partial charge in [-0.25, -0.2) is 0 Å². The number of nitrogens with one attached hydrogen (secondary N) is 1. The Kier molecular flexibility index (Phi) is 13.4. The predicted octanol–water partition coefficient (Wildman–Crippen LogP) is 0.00590. The summed E-state index contributed by atoms with van der Waals surface area (Å²) in [6.07, 6.45) is 0.111. The number of amides is 1. The molecule has 0 spiro atoms. The van der Waals surface area contributed by atoms with Gasteiger partial charge in [0.25, 0.3) is 0 Å². The van der Waals surface area contributed by atoms with Crippen molar-refractivity contribution in [2.45, 2.75) is 45.3 Å². The highest BCUT2D eigenvalue weighted by molar-refractivity contribution is 7.99. The van der Waals surface area contributed by atoms with Gasteiger partial charge in [0, 0.05) is 31.4 Å². The van der Waals surface area contributed by atoms with Gasteiger partial charge in [0.15, 0.2) is 0 Å². The lowest BCUT2D eigenvalue weighted by Gasteiger charge is -2.18.